The number of aromatic nitrogens is 1. The number of anilines is 1. The monoisotopic (exact) mass is 402 g/mol. The molecule has 1 saturated heterocycles. The maximum absolute atomic E-state index is 13.3. The first-order valence-corrected chi connectivity index (χ1v) is 10.7. The van der Waals surface area contributed by atoms with Crippen molar-refractivity contribution in [2.24, 2.45) is 0 Å². The van der Waals surface area contributed by atoms with Crippen molar-refractivity contribution in [3.8, 4) is 0 Å². The molecule has 154 valence electrons. The third-order valence-electron chi connectivity index (χ3n) is 5.69. The summed E-state index contributed by atoms with van der Waals surface area (Å²) < 4.78 is 0. The van der Waals surface area contributed by atoms with Gasteiger partial charge in [0, 0.05) is 19.2 Å². The number of amides is 1. The van der Waals surface area contributed by atoms with Crippen LogP contribution in [0.5, 0.6) is 0 Å². The smallest absolute Gasteiger partial charge is 0.278 e. The van der Waals surface area contributed by atoms with Gasteiger partial charge in [0.1, 0.15) is 26.2 Å². The zero-order valence-electron chi connectivity index (χ0n) is 17.3. The molecule has 0 aliphatic carbocycles. The zero-order chi connectivity index (χ0) is 20.6. The number of benzene rings is 2. The second-order valence-electron chi connectivity index (χ2n) is 7.88. The molecule has 0 unspecified atom stereocenters. The van der Waals surface area contributed by atoms with E-state index in [1.54, 1.807) is 0 Å². The highest BCUT2D eigenvalue weighted by molar-refractivity contribution is 5.77. The summed E-state index contributed by atoms with van der Waals surface area (Å²) in [6, 6.07) is 26.7. The van der Waals surface area contributed by atoms with Gasteiger partial charge in [0.25, 0.3) is 11.7 Å². The standard InChI is InChI=1S/C25H28N4O/c30-25(21-27-15-17-28(18-16-27)24-13-7-8-14-26-24)29(19-22-9-3-1-4-10-22)20-23-11-5-2-6-12-23/h1-14H,15-21H2/p+2. The van der Waals surface area contributed by atoms with Crippen molar-refractivity contribution in [2.75, 3.05) is 37.6 Å². The Morgan fingerprint density at radius 1 is 0.833 bits per heavy atom. The van der Waals surface area contributed by atoms with Gasteiger partial charge in [-0.25, -0.2) is 4.98 Å². The van der Waals surface area contributed by atoms with Crippen molar-refractivity contribution in [2.45, 2.75) is 13.1 Å². The van der Waals surface area contributed by atoms with Gasteiger partial charge in [-0.15, -0.1) is 0 Å². The number of aromatic amines is 1. The third-order valence-corrected chi connectivity index (χ3v) is 5.69. The molecular formula is C25H30N4O+2. The summed E-state index contributed by atoms with van der Waals surface area (Å²) in [5.74, 6) is 1.37. The summed E-state index contributed by atoms with van der Waals surface area (Å²) in [6.07, 6.45) is 1.96. The van der Waals surface area contributed by atoms with Gasteiger partial charge in [-0.3, -0.25) is 9.69 Å². The Morgan fingerprint density at radius 2 is 1.40 bits per heavy atom. The molecule has 3 aromatic rings. The van der Waals surface area contributed by atoms with E-state index < -0.39 is 0 Å². The first kappa shape index (κ1) is 20.1. The number of H-pyrrole nitrogens is 1. The number of pyridine rings is 1. The minimum absolute atomic E-state index is 0.220. The van der Waals surface area contributed by atoms with Crippen LogP contribution in [0, 0.1) is 0 Å². The number of rotatable bonds is 7. The Kier molecular flexibility index (Phi) is 6.72. The number of carbonyl (C=O) groups excluding carboxylic acids is 1. The molecule has 1 amide bonds. The predicted molar refractivity (Wildman–Crippen MR) is 118 cm³/mol. The molecule has 2 aromatic carbocycles. The first-order valence-electron chi connectivity index (χ1n) is 10.7. The molecule has 0 bridgehead atoms. The van der Waals surface area contributed by atoms with Crippen LogP contribution in [0.4, 0.5) is 5.82 Å². The van der Waals surface area contributed by atoms with Crippen LogP contribution in [0.15, 0.2) is 85.1 Å². The van der Waals surface area contributed by atoms with Crippen LogP contribution in [0.1, 0.15) is 11.1 Å². The number of hydrogen-bond acceptors (Lipinski definition) is 2. The van der Waals surface area contributed by atoms with Crippen LogP contribution >= 0.6 is 0 Å². The Bertz CT molecular complexity index is 868. The molecule has 1 aliphatic heterocycles. The van der Waals surface area contributed by atoms with E-state index in [4.69, 9.17) is 0 Å². The molecule has 1 fully saturated rings. The number of piperazine rings is 1. The number of nitrogens with zero attached hydrogens (tertiary/aromatic N) is 2. The molecule has 4 rings (SSSR count). The average molecular weight is 403 g/mol. The summed E-state index contributed by atoms with van der Waals surface area (Å²) >= 11 is 0. The summed E-state index contributed by atoms with van der Waals surface area (Å²) in [5.41, 5.74) is 2.34. The molecule has 0 saturated carbocycles. The van der Waals surface area contributed by atoms with E-state index in [1.807, 2.05) is 53.6 Å². The number of hydrogen-bond donors (Lipinski definition) is 1. The van der Waals surface area contributed by atoms with E-state index in [9.17, 15) is 4.79 Å². The minimum Gasteiger partial charge on any atom is -0.329 e. The summed E-state index contributed by atoms with van der Waals surface area (Å²) in [7, 11) is 0. The van der Waals surface area contributed by atoms with Crippen molar-refractivity contribution in [3.63, 3.8) is 0 Å². The molecule has 2 N–H and O–H groups in total. The summed E-state index contributed by atoms with van der Waals surface area (Å²) in [4.78, 5) is 22.3. The number of nitrogens with one attached hydrogen (secondary N) is 2. The molecular weight excluding hydrogens is 372 g/mol. The van der Waals surface area contributed by atoms with Crippen molar-refractivity contribution >= 4 is 11.7 Å². The van der Waals surface area contributed by atoms with E-state index in [0.29, 0.717) is 19.6 Å². The largest absolute Gasteiger partial charge is 0.329 e. The van der Waals surface area contributed by atoms with Gasteiger partial charge in [-0.1, -0.05) is 66.7 Å². The lowest BCUT2D eigenvalue weighted by molar-refractivity contribution is -0.892. The van der Waals surface area contributed by atoms with Crippen LogP contribution in [0.2, 0.25) is 0 Å². The highest BCUT2D eigenvalue weighted by Gasteiger charge is 2.28. The lowest BCUT2D eigenvalue weighted by atomic mass is 10.1. The molecule has 2 heterocycles. The van der Waals surface area contributed by atoms with Gasteiger partial charge in [0.05, 0.1) is 6.20 Å². The fourth-order valence-electron chi connectivity index (χ4n) is 3.99. The van der Waals surface area contributed by atoms with Crippen molar-refractivity contribution in [1.82, 2.24) is 4.90 Å². The molecule has 1 aliphatic rings. The Labute approximate surface area is 178 Å². The van der Waals surface area contributed by atoms with E-state index in [2.05, 4.69) is 46.3 Å². The summed E-state index contributed by atoms with van der Waals surface area (Å²) in [5, 5.41) is 0. The molecule has 0 radical (unpaired) electrons. The predicted octanol–water partition coefficient (Wildman–Crippen LogP) is 1.43. The number of quaternary nitrogens is 1. The minimum atomic E-state index is 0.220. The first-order chi connectivity index (χ1) is 14.8. The fourth-order valence-corrected chi connectivity index (χ4v) is 3.99. The van der Waals surface area contributed by atoms with Gasteiger partial charge in [0.2, 0.25) is 0 Å². The fraction of sp³-hybridized carbons (Fsp3) is 0.280. The topological polar surface area (TPSA) is 42.1 Å². The van der Waals surface area contributed by atoms with Gasteiger partial charge in [-0.2, -0.15) is 0 Å². The zero-order valence-corrected chi connectivity index (χ0v) is 17.3. The molecule has 30 heavy (non-hydrogen) atoms. The van der Waals surface area contributed by atoms with Crippen molar-refractivity contribution in [1.29, 1.82) is 0 Å². The highest BCUT2D eigenvalue weighted by Crippen LogP contribution is 2.10. The third kappa shape index (κ3) is 5.45. The maximum atomic E-state index is 13.3. The van der Waals surface area contributed by atoms with Gasteiger partial charge < -0.3 is 9.80 Å². The summed E-state index contributed by atoms with van der Waals surface area (Å²) in [6.45, 7) is 5.70. The highest BCUT2D eigenvalue weighted by atomic mass is 16.2. The van der Waals surface area contributed by atoms with Crippen LogP contribution in [0.3, 0.4) is 0 Å². The maximum Gasteiger partial charge on any atom is 0.278 e. The molecule has 1 aromatic heterocycles. The van der Waals surface area contributed by atoms with Crippen molar-refractivity contribution in [3.05, 3.63) is 96.2 Å². The van der Waals surface area contributed by atoms with Gasteiger partial charge >= 0.3 is 0 Å². The molecule has 0 spiro atoms. The van der Waals surface area contributed by atoms with E-state index >= 15 is 0 Å². The molecule has 5 nitrogen and oxygen atoms in total. The van der Waals surface area contributed by atoms with Gasteiger partial charge in [-0.05, 0) is 17.2 Å². The second kappa shape index (κ2) is 10.0. The Morgan fingerprint density at radius 3 is 1.93 bits per heavy atom. The normalized spacial score (nSPS) is 14.5. The second-order valence-corrected chi connectivity index (χ2v) is 7.88. The molecule has 5 heteroatoms. The lowest BCUT2D eigenvalue weighted by Gasteiger charge is -2.30. The Hall–Kier alpha value is -3.18. The quantitative estimate of drug-likeness (QED) is 0.650. The van der Waals surface area contributed by atoms with E-state index in [-0.39, 0.29) is 5.91 Å². The Balaban J connectivity index is 1.38. The van der Waals surface area contributed by atoms with Gasteiger partial charge in [0.15, 0.2) is 6.54 Å². The molecule has 0 atom stereocenters. The number of carbonyl (C=O) groups is 1. The SMILES string of the molecule is O=C(C[NH+]1CCN(c2cccc[nH+]2)CC1)N(Cc1ccccc1)Cc1ccccc1. The van der Waals surface area contributed by atoms with E-state index in [1.165, 1.54) is 16.0 Å². The van der Waals surface area contributed by atoms with Crippen molar-refractivity contribution < 1.29 is 14.7 Å². The van der Waals surface area contributed by atoms with Crippen LogP contribution in [-0.2, 0) is 17.9 Å². The lowest BCUT2D eigenvalue weighted by Crippen LogP contribution is -3.16. The van der Waals surface area contributed by atoms with Crippen LogP contribution in [-0.4, -0.2) is 43.5 Å². The van der Waals surface area contributed by atoms with E-state index in [0.717, 1.165) is 32.0 Å². The average Bonchev–Trinajstić information content (AvgIpc) is 2.81. The van der Waals surface area contributed by atoms with Crippen LogP contribution in [0.25, 0.3) is 0 Å². The van der Waals surface area contributed by atoms with Crippen LogP contribution < -0.4 is 14.8 Å².